The van der Waals surface area contributed by atoms with Gasteiger partial charge in [0.05, 0.1) is 0 Å². The molecule has 0 atom stereocenters. The number of rotatable bonds is 2. The molecule has 0 radical (unpaired) electrons. The standard InChI is InChI=1S/C11H16FNS/c1-11(2,3)14-7-8-4-9(12)6-10(13)5-8/h4-6H,7,13H2,1-3H3. The summed E-state index contributed by atoms with van der Waals surface area (Å²) in [6, 6.07) is 4.70. The maximum atomic E-state index is 13.0. The molecular formula is C11H16FNS. The Labute approximate surface area is 88.9 Å². The molecular weight excluding hydrogens is 197 g/mol. The lowest BCUT2D eigenvalue weighted by Crippen LogP contribution is -2.07. The fraction of sp³-hybridized carbons (Fsp3) is 0.455. The monoisotopic (exact) mass is 213 g/mol. The predicted octanol–water partition coefficient (Wildman–Crippen LogP) is 3.44. The van der Waals surface area contributed by atoms with E-state index in [0.29, 0.717) is 5.69 Å². The molecule has 0 fully saturated rings. The number of halogens is 1. The first kappa shape index (κ1) is 11.4. The van der Waals surface area contributed by atoms with Crippen molar-refractivity contribution in [2.24, 2.45) is 0 Å². The average molecular weight is 213 g/mol. The van der Waals surface area contributed by atoms with Crippen LogP contribution in [0.2, 0.25) is 0 Å². The molecule has 0 saturated heterocycles. The lowest BCUT2D eigenvalue weighted by molar-refractivity contribution is 0.627. The molecule has 14 heavy (non-hydrogen) atoms. The molecule has 1 aromatic carbocycles. The fourth-order valence-corrected chi connectivity index (χ4v) is 1.82. The Morgan fingerprint density at radius 3 is 2.43 bits per heavy atom. The van der Waals surface area contributed by atoms with E-state index in [-0.39, 0.29) is 10.6 Å². The van der Waals surface area contributed by atoms with Crippen LogP contribution in [0, 0.1) is 5.82 Å². The zero-order valence-electron chi connectivity index (χ0n) is 8.80. The van der Waals surface area contributed by atoms with Crippen LogP contribution in [-0.4, -0.2) is 4.75 Å². The summed E-state index contributed by atoms with van der Waals surface area (Å²) in [5.74, 6) is 0.542. The number of hydrogen-bond donors (Lipinski definition) is 1. The van der Waals surface area contributed by atoms with Gasteiger partial charge in [-0.25, -0.2) is 4.39 Å². The largest absolute Gasteiger partial charge is 0.399 e. The van der Waals surface area contributed by atoms with Crippen molar-refractivity contribution in [3.8, 4) is 0 Å². The van der Waals surface area contributed by atoms with Gasteiger partial charge >= 0.3 is 0 Å². The number of hydrogen-bond acceptors (Lipinski definition) is 2. The zero-order valence-corrected chi connectivity index (χ0v) is 9.62. The first-order valence-corrected chi connectivity index (χ1v) is 5.54. The van der Waals surface area contributed by atoms with Crippen LogP contribution in [0.3, 0.4) is 0 Å². The van der Waals surface area contributed by atoms with E-state index in [0.717, 1.165) is 11.3 Å². The number of benzene rings is 1. The van der Waals surface area contributed by atoms with Crippen molar-refractivity contribution in [3.63, 3.8) is 0 Å². The molecule has 0 spiro atoms. The van der Waals surface area contributed by atoms with Crippen LogP contribution >= 0.6 is 11.8 Å². The van der Waals surface area contributed by atoms with E-state index in [1.54, 1.807) is 11.8 Å². The van der Waals surface area contributed by atoms with Crippen LogP contribution < -0.4 is 5.73 Å². The van der Waals surface area contributed by atoms with Gasteiger partial charge < -0.3 is 5.73 Å². The van der Waals surface area contributed by atoms with Gasteiger partial charge in [0.15, 0.2) is 0 Å². The van der Waals surface area contributed by atoms with E-state index in [9.17, 15) is 4.39 Å². The van der Waals surface area contributed by atoms with E-state index >= 15 is 0 Å². The minimum atomic E-state index is -0.255. The van der Waals surface area contributed by atoms with Gasteiger partial charge in [-0.15, -0.1) is 0 Å². The van der Waals surface area contributed by atoms with Crippen LogP contribution in [0.1, 0.15) is 26.3 Å². The Kier molecular flexibility index (Phi) is 3.43. The second kappa shape index (κ2) is 4.22. The van der Waals surface area contributed by atoms with Gasteiger partial charge in [-0.2, -0.15) is 11.8 Å². The summed E-state index contributed by atoms with van der Waals surface area (Å²) in [5.41, 5.74) is 6.99. The molecule has 3 heteroatoms. The van der Waals surface area contributed by atoms with Crippen LogP contribution in [0.15, 0.2) is 18.2 Å². The normalized spacial score (nSPS) is 11.7. The SMILES string of the molecule is CC(C)(C)SCc1cc(N)cc(F)c1. The smallest absolute Gasteiger partial charge is 0.125 e. The number of nitrogens with two attached hydrogens (primary N) is 1. The number of anilines is 1. The lowest BCUT2D eigenvalue weighted by Gasteiger charge is -2.17. The van der Waals surface area contributed by atoms with Gasteiger partial charge in [0.1, 0.15) is 5.82 Å². The second-order valence-corrected chi connectivity index (χ2v) is 6.10. The molecule has 0 aliphatic carbocycles. The number of nitrogen functional groups attached to an aromatic ring is 1. The Bertz CT molecular complexity index is 297. The van der Waals surface area contributed by atoms with Crippen molar-refractivity contribution >= 4 is 17.4 Å². The molecule has 0 aliphatic heterocycles. The first-order chi connectivity index (χ1) is 6.37. The Hall–Kier alpha value is -0.700. The van der Waals surface area contributed by atoms with Crippen LogP contribution in [0.5, 0.6) is 0 Å². The molecule has 0 heterocycles. The molecule has 2 N–H and O–H groups in total. The van der Waals surface area contributed by atoms with Crippen molar-refractivity contribution in [1.82, 2.24) is 0 Å². The van der Waals surface area contributed by atoms with Crippen LogP contribution in [-0.2, 0) is 5.75 Å². The predicted molar refractivity (Wildman–Crippen MR) is 61.9 cm³/mol. The molecule has 1 nitrogen and oxygen atoms in total. The molecule has 1 rings (SSSR count). The highest BCUT2D eigenvalue weighted by Crippen LogP contribution is 2.27. The average Bonchev–Trinajstić information content (AvgIpc) is 1.97. The summed E-state index contributed by atoms with van der Waals surface area (Å²) in [4.78, 5) is 0. The van der Waals surface area contributed by atoms with Crippen LogP contribution in [0.4, 0.5) is 10.1 Å². The fourth-order valence-electron chi connectivity index (χ4n) is 1.06. The van der Waals surface area contributed by atoms with E-state index in [1.807, 2.05) is 6.07 Å². The van der Waals surface area contributed by atoms with Crippen molar-refractivity contribution in [2.75, 3.05) is 5.73 Å². The number of thioether (sulfide) groups is 1. The van der Waals surface area contributed by atoms with E-state index < -0.39 is 0 Å². The molecule has 0 saturated carbocycles. The Morgan fingerprint density at radius 1 is 1.29 bits per heavy atom. The third-order valence-corrected chi connectivity index (χ3v) is 3.00. The van der Waals surface area contributed by atoms with Crippen molar-refractivity contribution in [3.05, 3.63) is 29.6 Å². The van der Waals surface area contributed by atoms with Gasteiger partial charge in [0.2, 0.25) is 0 Å². The molecule has 78 valence electrons. The maximum absolute atomic E-state index is 13.0. The molecule has 0 aromatic heterocycles. The maximum Gasteiger partial charge on any atom is 0.125 e. The van der Waals surface area contributed by atoms with Crippen molar-refractivity contribution < 1.29 is 4.39 Å². The topological polar surface area (TPSA) is 26.0 Å². The minimum absolute atomic E-state index is 0.196. The van der Waals surface area contributed by atoms with Gasteiger partial charge in [-0.1, -0.05) is 20.8 Å². The molecule has 0 bridgehead atoms. The Balaban J connectivity index is 2.68. The van der Waals surface area contributed by atoms with Gasteiger partial charge in [0, 0.05) is 16.2 Å². The van der Waals surface area contributed by atoms with Gasteiger partial charge in [-0.3, -0.25) is 0 Å². The summed E-state index contributed by atoms with van der Waals surface area (Å²) < 4.78 is 13.2. The summed E-state index contributed by atoms with van der Waals surface area (Å²) >= 11 is 1.78. The zero-order chi connectivity index (χ0) is 10.8. The summed E-state index contributed by atoms with van der Waals surface area (Å²) in [7, 11) is 0. The second-order valence-electron chi connectivity index (χ2n) is 4.29. The molecule has 0 amide bonds. The third kappa shape index (κ3) is 4.01. The molecule has 0 aliphatic rings. The highest BCUT2D eigenvalue weighted by molar-refractivity contribution is 7.99. The highest BCUT2D eigenvalue weighted by atomic mass is 32.2. The first-order valence-electron chi connectivity index (χ1n) is 4.56. The van der Waals surface area contributed by atoms with E-state index in [1.165, 1.54) is 12.1 Å². The minimum Gasteiger partial charge on any atom is -0.399 e. The summed E-state index contributed by atoms with van der Waals surface area (Å²) in [6.45, 7) is 6.42. The van der Waals surface area contributed by atoms with Gasteiger partial charge in [-0.05, 0) is 23.8 Å². The van der Waals surface area contributed by atoms with Gasteiger partial charge in [0.25, 0.3) is 0 Å². The highest BCUT2D eigenvalue weighted by Gasteiger charge is 2.10. The van der Waals surface area contributed by atoms with Crippen molar-refractivity contribution in [2.45, 2.75) is 31.3 Å². The van der Waals surface area contributed by atoms with E-state index in [4.69, 9.17) is 5.73 Å². The summed E-state index contributed by atoms with van der Waals surface area (Å²) in [6.07, 6.45) is 0. The third-order valence-electron chi connectivity index (χ3n) is 1.65. The quantitative estimate of drug-likeness (QED) is 0.762. The van der Waals surface area contributed by atoms with Crippen molar-refractivity contribution in [1.29, 1.82) is 0 Å². The molecule has 1 aromatic rings. The molecule has 0 unspecified atom stereocenters. The Morgan fingerprint density at radius 2 is 1.93 bits per heavy atom. The summed E-state index contributed by atoms with van der Waals surface area (Å²) in [5, 5.41) is 0. The van der Waals surface area contributed by atoms with E-state index in [2.05, 4.69) is 20.8 Å². The van der Waals surface area contributed by atoms with Crippen LogP contribution in [0.25, 0.3) is 0 Å². The lowest BCUT2D eigenvalue weighted by atomic mass is 10.2.